The number of rotatable bonds is 5. The van der Waals surface area contributed by atoms with Crippen molar-refractivity contribution in [3.05, 3.63) is 81.3 Å². The van der Waals surface area contributed by atoms with Crippen LogP contribution in [0.15, 0.2) is 59.6 Å². The van der Waals surface area contributed by atoms with Gasteiger partial charge in [-0.15, -0.1) is 0 Å². The number of hydrogen-bond donors (Lipinski definition) is 1. The number of nitrogens with one attached hydrogen (secondary N) is 1. The lowest BCUT2D eigenvalue weighted by atomic mass is 9.91. The predicted molar refractivity (Wildman–Crippen MR) is 150 cm³/mol. The number of hydrogen-bond acceptors (Lipinski definition) is 4. The van der Waals surface area contributed by atoms with Gasteiger partial charge < -0.3 is 15.1 Å². The van der Waals surface area contributed by atoms with Crippen LogP contribution in [0.5, 0.6) is 0 Å². The highest BCUT2D eigenvalue weighted by Gasteiger charge is 2.36. The third-order valence-electron chi connectivity index (χ3n) is 7.02. The minimum Gasteiger partial charge on any atom is -0.342 e. The summed E-state index contributed by atoms with van der Waals surface area (Å²) in [4.78, 5) is 22.7. The molecule has 3 aromatic carbocycles. The molecule has 2 atom stereocenters. The van der Waals surface area contributed by atoms with E-state index in [-0.39, 0.29) is 5.91 Å². The molecule has 186 valence electrons. The Balaban J connectivity index is 1.62. The second-order valence-electron chi connectivity index (χ2n) is 9.76. The summed E-state index contributed by atoms with van der Waals surface area (Å²) in [6.07, 6.45) is 3.97. The third-order valence-corrected chi connectivity index (χ3v) is 7.57. The summed E-state index contributed by atoms with van der Waals surface area (Å²) >= 11 is 13.0. The molecule has 5 nitrogen and oxygen atoms in total. The van der Waals surface area contributed by atoms with Crippen molar-refractivity contribution in [2.75, 3.05) is 25.0 Å². The normalized spacial score (nSPS) is 18.9. The van der Waals surface area contributed by atoms with Crippen LogP contribution >= 0.6 is 23.2 Å². The molecular formula is C29H30Cl2N4O. The molecular weight excluding hydrogens is 491 g/mol. The van der Waals surface area contributed by atoms with Crippen LogP contribution < -0.4 is 10.2 Å². The SMILES string of the molecule is Cc1cc(Cl)cc(N2C=Nc3cc(C)c(-c4ccccc4Cl)cc3C2C(=O)N(C)C[C@@H]2CCCN2)c1. The Labute approximate surface area is 222 Å². The molecule has 0 saturated carbocycles. The van der Waals surface area contributed by atoms with E-state index in [0.717, 1.165) is 58.6 Å². The van der Waals surface area contributed by atoms with E-state index in [1.165, 1.54) is 0 Å². The van der Waals surface area contributed by atoms with E-state index in [1.54, 1.807) is 6.34 Å². The maximum Gasteiger partial charge on any atom is 0.250 e. The van der Waals surface area contributed by atoms with Crippen molar-refractivity contribution in [2.24, 2.45) is 4.99 Å². The van der Waals surface area contributed by atoms with Gasteiger partial charge in [-0.3, -0.25) is 4.79 Å². The van der Waals surface area contributed by atoms with Crippen LogP contribution in [-0.4, -0.2) is 43.3 Å². The molecule has 0 bridgehead atoms. The number of amides is 1. The number of benzene rings is 3. The Kier molecular flexibility index (Phi) is 7.07. The van der Waals surface area contributed by atoms with Crippen LogP contribution in [0.3, 0.4) is 0 Å². The number of nitrogens with zero attached hydrogens (tertiary/aromatic N) is 3. The Morgan fingerprint density at radius 2 is 1.92 bits per heavy atom. The Morgan fingerprint density at radius 1 is 1.11 bits per heavy atom. The van der Waals surface area contributed by atoms with Crippen molar-refractivity contribution in [2.45, 2.75) is 38.8 Å². The van der Waals surface area contributed by atoms with Crippen molar-refractivity contribution in [1.82, 2.24) is 10.2 Å². The van der Waals surface area contributed by atoms with Gasteiger partial charge in [-0.05, 0) is 86.3 Å². The van der Waals surface area contributed by atoms with Gasteiger partial charge in [0.15, 0.2) is 0 Å². The Hall–Kier alpha value is -2.86. The number of aliphatic imine (C=N–C) groups is 1. The van der Waals surface area contributed by atoms with Crippen molar-refractivity contribution in [3.8, 4) is 11.1 Å². The van der Waals surface area contributed by atoms with Gasteiger partial charge in [-0.25, -0.2) is 4.99 Å². The molecule has 1 amide bonds. The van der Waals surface area contributed by atoms with Crippen molar-refractivity contribution in [1.29, 1.82) is 0 Å². The third kappa shape index (κ3) is 4.88. The summed E-state index contributed by atoms with van der Waals surface area (Å²) in [5.41, 5.74) is 6.49. The largest absolute Gasteiger partial charge is 0.342 e. The van der Waals surface area contributed by atoms with Crippen LogP contribution in [0, 0.1) is 13.8 Å². The summed E-state index contributed by atoms with van der Waals surface area (Å²) in [6.45, 7) is 5.71. The maximum absolute atomic E-state index is 14.1. The monoisotopic (exact) mass is 520 g/mol. The summed E-state index contributed by atoms with van der Waals surface area (Å²) in [7, 11) is 1.89. The Bertz CT molecular complexity index is 1310. The zero-order chi connectivity index (χ0) is 25.4. The van der Waals surface area contributed by atoms with E-state index in [9.17, 15) is 4.79 Å². The highest BCUT2D eigenvalue weighted by Crippen LogP contribution is 2.42. The number of carbonyl (C=O) groups is 1. The molecule has 0 aromatic heterocycles. The average molecular weight is 521 g/mol. The fourth-order valence-electron chi connectivity index (χ4n) is 5.23. The van der Waals surface area contributed by atoms with Gasteiger partial charge in [-0.2, -0.15) is 0 Å². The van der Waals surface area contributed by atoms with Crippen LogP contribution in [0.1, 0.15) is 35.6 Å². The van der Waals surface area contributed by atoms with E-state index in [2.05, 4.69) is 18.3 Å². The first kappa shape index (κ1) is 24.8. The number of carbonyl (C=O) groups excluding carboxylic acids is 1. The first-order chi connectivity index (χ1) is 17.3. The molecule has 2 aliphatic rings. The maximum atomic E-state index is 14.1. The Morgan fingerprint density at radius 3 is 2.64 bits per heavy atom. The molecule has 1 saturated heterocycles. The molecule has 0 radical (unpaired) electrons. The van der Waals surface area contributed by atoms with Crippen LogP contribution in [0.25, 0.3) is 11.1 Å². The first-order valence-electron chi connectivity index (χ1n) is 12.3. The molecule has 1 fully saturated rings. The molecule has 2 heterocycles. The van der Waals surface area contributed by atoms with Crippen molar-refractivity contribution >= 4 is 46.8 Å². The molecule has 36 heavy (non-hydrogen) atoms. The molecule has 2 aliphatic heterocycles. The average Bonchev–Trinajstić information content (AvgIpc) is 3.35. The van der Waals surface area contributed by atoms with E-state index >= 15 is 0 Å². The molecule has 1 unspecified atom stereocenters. The zero-order valence-corrected chi connectivity index (χ0v) is 22.3. The molecule has 0 aliphatic carbocycles. The summed E-state index contributed by atoms with van der Waals surface area (Å²) in [5.74, 6) is 0.0164. The predicted octanol–water partition coefficient (Wildman–Crippen LogP) is 6.71. The molecule has 5 rings (SSSR count). The van der Waals surface area contributed by atoms with Gasteiger partial charge >= 0.3 is 0 Å². The van der Waals surface area contributed by atoms with Gasteiger partial charge in [-0.1, -0.05) is 41.4 Å². The van der Waals surface area contributed by atoms with E-state index < -0.39 is 6.04 Å². The van der Waals surface area contributed by atoms with Crippen molar-refractivity contribution < 1.29 is 4.79 Å². The summed E-state index contributed by atoms with van der Waals surface area (Å²) in [6, 6.07) is 17.5. The quantitative estimate of drug-likeness (QED) is 0.406. The topological polar surface area (TPSA) is 47.9 Å². The van der Waals surface area contributed by atoms with Crippen molar-refractivity contribution in [3.63, 3.8) is 0 Å². The van der Waals surface area contributed by atoms with E-state index in [4.69, 9.17) is 28.2 Å². The number of halogens is 2. The minimum absolute atomic E-state index is 0.0164. The molecule has 3 aromatic rings. The highest BCUT2D eigenvalue weighted by atomic mass is 35.5. The van der Waals surface area contributed by atoms with Gasteiger partial charge in [0, 0.05) is 46.5 Å². The van der Waals surface area contributed by atoms with E-state index in [0.29, 0.717) is 22.6 Å². The molecule has 7 heteroatoms. The summed E-state index contributed by atoms with van der Waals surface area (Å²) in [5, 5.41) is 4.80. The first-order valence-corrected chi connectivity index (χ1v) is 13.0. The van der Waals surface area contributed by atoms with Gasteiger partial charge in [0.2, 0.25) is 5.91 Å². The number of likely N-dealkylation sites (N-methyl/N-ethyl adjacent to an activating group) is 1. The number of aryl methyl sites for hydroxylation is 2. The highest BCUT2D eigenvalue weighted by molar-refractivity contribution is 6.33. The fourth-order valence-corrected chi connectivity index (χ4v) is 5.75. The minimum atomic E-state index is -0.580. The standard InChI is InChI=1S/C29H30Cl2N4O/c1-18-11-20(30)14-22(12-18)35-17-33-27-13-19(2)24(23-8-4-5-9-26(23)31)15-25(27)28(35)29(36)34(3)16-21-7-6-10-32-21/h4-5,8-9,11-15,17,21,28,32H,6-7,10,16H2,1-3H3/t21-,28?/m0/s1. The van der Waals surface area contributed by atoms with E-state index in [1.807, 2.05) is 72.3 Å². The lowest BCUT2D eigenvalue weighted by Gasteiger charge is -2.36. The summed E-state index contributed by atoms with van der Waals surface area (Å²) < 4.78 is 0. The number of fused-ring (bicyclic) bond motifs is 1. The smallest absolute Gasteiger partial charge is 0.250 e. The second-order valence-corrected chi connectivity index (χ2v) is 10.6. The van der Waals surface area contributed by atoms with Gasteiger partial charge in [0.05, 0.1) is 12.0 Å². The fraction of sp³-hybridized carbons (Fsp3) is 0.310. The number of anilines is 1. The molecule has 1 N–H and O–H groups in total. The molecule has 0 spiro atoms. The van der Waals surface area contributed by atoms with Gasteiger partial charge in [0.25, 0.3) is 0 Å². The second kappa shape index (κ2) is 10.3. The zero-order valence-electron chi connectivity index (χ0n) is 20.8. The van der Waals surface area contributed by atoms with Crippen LogP contribution in [0.4, 0.5) is 11.4 Å². The van der Waals surface area contributed by atoms with Crippen LogP contribution in [0.2, 0.25) is 10.0 Å². The van der Waals surface area contributed by atoms with Gasteiger partial charge in [0.1, 0.15) is 6.04 Å². The van der Waals surface area contributed by atoms with Crippen LogP contribution in [-0.2, 0) is 4.79 Å². The lowest BCUT2D eigenvalue weighted by molar-refractivity contribution is -0.131. The lowest BCUT2D eigenvalue weighted by Crippen LogP contribution is -2.46.